The van der Waals surface area contributed by atoms with Gasteiger partial charge in [-0.15, -0.1) is 0 Å². The molecule has 0 radical (unpaired) electrons. The van der Waals surface area contributed by atoms with Gasteiger partial charge in [-0.3, -0.25) is 5.43 Å². The lowest BCUT2D eigenvalue weighted by Gasteiger charge is -2.35. The van der Waals surface area contributed by atoms with Crippen molar-refractivity contribution < 1.29 is 0 Å². The van der Waals surface area contributed by atoms with E-state index in [1.807, 2.05) is 18.4 Å². The number of halogens is 1. The minimum absolute atomic E-state index is 0.0678. The van der Waals surface area contributed by atoms with Gasteiger partial charge in [0.1, 0.15) is 0 Å². The number of hydrogen-bond donors (Lipinski definition) is 2. The summed E-state index contributed by atoms with van der Waals surface area (Å²) in [4.78, 5) is 4.84. The van der Waals surface area contributed by atoms with Gasteiger partial charge in [0.2, 0.25) is 0 Å². The molecule has 1 unspecified atom stereocenters. The lowest BCUT2D eigenvalue weighted by atomic mass is 9.83. The SMILES string of the molecule is C=C1NCCN1C1CCN(C)CC1.CC12C=NNC1=CC(Cl)=CC2. The third kappa shape index (κ3) is 3.78. The first kappa shape index (κ1) is 17.4. The standard InChI is InChI=1S/C10H19N3.C8H9ClN2/c1-9-11-5-8-13(9)10-3-6-12(2)7-4-10;1-8-3-2-6(9)4-7(8)11-10-5-8/h10-11H,1,3-8H2,2H3;2,4-5,11H,3H2,1H3. The van der Waals surface area contributed by atoms with Gasteiger partial charge >= 0.3 is 0 Å². The van der Waals surface area contributed by atoms with E-state index in [1.54, 1.807) is 0 Å². The van der Waals surface area contributed by atoms with Crippen molar-refractivity contribution in [1.29, 1.82) is 0 Å². The van der Waals surface area contributed by atoms with Crippen LogP contribution in [0.1, 0.15) is 26.2 Å². The van der Waals surface area contributed by atoms with Crippen LogP contribution >= 0.6 is 11.6 Å². The highest BCUT2D eigenvalue weighted by molar-refractivity contribution is 6.31. The molecular formula is C18H28ClN5. The van der Waals surface area contributed by atoms with Crippen molar-refractivity contribution in [2.45, 2.75) is 32.2 Å². The second-order valence-corrected chi connectivity index (χ2v) is 7.68. The topological polar surface area (TPSA) is 42.9 Å². The lowest BCUT2D eigenvalue weighted by molar-refractivity contribution is 0.164. The molecular weight excluding hydrogens is 322 g/mol. The number of nitrogens with one attached hydrogen (secondary N) is 2. The summed E-state index contributed by atoms with van der Waals surface area (Å²) in [6, 6.07) is 0.735. The van der Waals surface area contributed by atoms with Crippen LogP contribution in [0.25, 0.3) is 0 Å². The monoisotopic (exact) mass is 349 g/mol. The van der Waals surface area contributed by atoms with E-state index >= 15 is 0 Å². The van der Waals surface area contributed by atoms with Gasteiger partial charge in [-0.2, -0.15) is 5.10 Å². The Morgan fingerprint density at radius 1 is 1.33 bits per heavy atom. The van der Waals surface area contributed by atoms with Crippen molar-refractivity contribution in [3.8, 4) is 0 Å². The molecule has 0 aromatic carbocycles. The minimum atomic E-state index is 0.0678. The van der Waals surface area contributed by atoms with Crippen molar-refractivity contribution in [3.05, 3.63) is 35.3 Å². The predicted molar refractivity (Wildman–Crippen MR) is 101 cm³/mol. The maximum Gasteiger partial charge on any atom is 0.0942 e. The number of hydrazone groups is 1. The number of fused-ring (bicyclic) bond motifs is 1. The van der Waals surface area contributed by atoms with E-state index < -0.39 is 0 Å². The molecule has 0 amide bonds. The molecule has 1 atom stereocenters. The maximum absolute atomic E-state index is 5.83. The molecule has 4 aliphatic rings. The largest absolute Gasteiger partial charge is 0.370 e. The summed E-state index contributed by atoms with van der Waals surface area (Å²) in [5.41, 5.74) is 4.10. The Labute approximate surface area is 150 Å². The molecule has 0 aromatic heterocycles. The Morgan fingerprint density at radius 3 is 2.75 bits per heavy atom. The molecule has 2 fully saturated rings. The Morgan fingerprint density at radius 2 is 2.08 bits per heavy atom. The molecule has 2 saturated heterocycles. The maximum atomic E-state index is 5.83. The quantitative estimate of drug-likeness (QED) is 0.763. The molecule has 0 aromatic rings. The summed E-state index contributed by atoms with van der Waals surface area (Å²) in [7, 11) is 2.20. The molecule has 2 N–H and O–H groups in total. The number of rotatable bonds is 1. The highest BCUT2D eigenvalue weighted by atomic mass is 35.5. The number of allylic oxidation sites excluding steroid dienone is 4. The van der Waals surface area contributed by atoms with Gasteiger partial charge in [-0.05, 0) is 52.4 Å². The lowest BCUT2D eigenvalue weighted by Crippen LogP contribution is -2.42. The van der Waals surface area contributed by atoms with E-state index in [2.05, 4.69) is 46.2 Å². The molecule has 132 valence electrons. The van der Waals surface area contributed by atoms with Crippen molar-refractivity contribution >= 4 is 17.8 Å². The van der Waals surface area contributed by atoms with Gasteiger partial charge < -0.3 is 15.1 Å². The zero-order chi connectivity index (χ0) is 17.2. The van der Waals surface area contributed by atoms with Crippen LogP contribution in [0.2, 0.25) is 0 Å². The second-order valence-electron chi connectivity index (χ2n) is 7.24. The highest BCUT2D eigenvalue weighted by Crippen LogP contribution is 2.36. The molecule has 24 heavy (non-hydrogen) atoms. The average molecular weight is 350 g/mol. The van der Waals surface area contributed by atoms with Crippen molar-refractivity contribution in [1.82, 2.24) is 20.5 Å². The smallest absolute Gasteiger partial charge is 0.0942 e. The van der Waals surface area contributed by atoms with Crippen LogP contribution in [-0.2, 0) is 0 Å². The van der Waals surface area contributed by atoms with Crippen LogP contribution in [-0.4, -0.2) is 55.3 Å². The van der Waals surface area contributed by atoms with Gasteiger partial charge in [-0.25, -0.2) is 0 Å². The van der Waals surface area contributed by atoms with Crippen LogP contribution in [0.4, 0.5) is 0 Å². The first-order valence-electron chi connectivity index (χ1n) is 8.74. The number of likely N-dealkylation sites (tertiary alicyclic amines) is 1. The Kier molecular flexibility index (Phi) is 5.21. The second kappa shape index (κ2) is 7.19. The summed E-state index contributed by atoms with van der Waals surface area (Å²) in [5, 5.41) is 8.10. The fourth-order valence-corrected chi connectivity index (χ4v) is 3.76. The number of hydrogen-bond acceptors (Lipinski definition) is 5. The van der Waals surface area contributed by atoms with E-state index in [0.29, 0.717) is 0 Å². The van der Waals surface area contributed by atoms with Crippen molar-refractivity contribution in [2.75, 3.05) is 33.2 Å². The predicted octanol–water partition coefficient (Wildman–Crippen LogP) is 2.45. The number of piperidine rings is 1. The fraction of sp³-hybridized carbons (Fsp3) is 0.611. The fourth-order valence-electron chi connectivity index (χ4n) is 3.57. The van der Waals surface area contributed by atoms with Gasteiger partial charge in [0.05, 0.1) is 5.82 Å². The van der Waals surface area contributed by atoms with Gasteiger partial charge in [-0.1, -0.05) is 24.3 Å². The average Bonchev–Trinajstić information content (AvgIpc) is 3.15. The van der Waals surface area contributed by atoms with E-state index in [0.717, 1.165) is 42.1 Å². The summed E-state index contributed by atoms with van der Waals surface area (Å²) in [6.07, 6.45) is 9.39. The third-order valence-electron chi connectivity index (χ3n) is 5.31. The van der Waals surface area contributed by atoms with Crippen molar-refractivity contribution in [2.24, 2.45) is 10.5 Å². The summed E-state index contributed by atoms with van der Waals surface area (Å²) < 4.78 is 0. The third-order valence-corrected chi connectivity index (χ3v) is 5.57. The van der Waals surface area contributed by atoms with E-state index in [9.17, 15) is 0 Å². The summed E-state index contributed by atoms with van der Waals surface area (Å²) in [5.74, 6) is 1.13. The Hall–Kier alpha value is -1.46. The molecule has 4 rings (SSSR count). The Bertz CT molecular complexity index is 574. The van der Waals surface area contributed by atoms with Crippen LogP contribution in [0.15, 0.2) is 40.4 Å². The van der Waals surface area contributed by atoms with Crippen molar-refractivity contribution in [3.63, 3.8) is 0 Å². The summed E-state index contributed by atoms with van der Waals surface area (Å²) in [6.45, 7) is 10.9. The molecule has 0 spiro atoms. The van der Waals surface area contributed by atoms with Crippen LogP contribution in [0, 0.1) is 5.41 Å². The normalized spacial score (nSPS) is 30.0. The van der Waals surface area contributed by atoms with E-state index in [1.165, 1.54) is 25.9 Å². The van der Waals surface area contributed by atoms with Crippen LogP contribution < -0.4 is 10.7 Å². The van der Waals surface area contributed by atoms with Crippen LogP contribution in [0.5, 0.6) is 0 Å². The molecule has 1 aliphatic carbocycles. The molecule has 5 nitrogen and oxygen atoms in total. The molecule has 0 saturated carbocycles. The zero-order valence-corrected chi connectivity index (χ0v) is 15.4. The van der Waals surface area contributed by atoms with Gasteiger partial charge in [0, 0.05) is 41.5 Å². The van der Waals surface area contributed by atoms with Gasteiger partial charge in [0.15, 0.2) is 0 Å². The van der Waals surface area contributed by atoms with Gasteiger partial charge in [0.25, 0.3) is 0 Å². The molecule has 0 bridgehead atoms. The van der Waals surface area contributed by atoms with E-state index in [4.69, 9.17) is 11.6 Å². The first-order chi connectivity index (χ1) is 11.5. The Balaban J connectivity index is 0.000000143. The zero-order valence-electron chi connectivity index (χ0n) is 14.7. The highest BCUT2D eigenvalue weighted by Gasteiger charge is 2.32. The number of nitrogens with zero attached hydrogens (tertiary/aromatic N) is 3. The molecule has 3 aliphatic heterocycles. The molecule has 6 heteroatoms. The van der Waals surface area contributed by atoms with E-state index in [-0.39, 0.29) is 5.41 Å². The molecule has 3 heterocycles. The summed E-state index contributed by atoms with van der Waals surface area (Å²) >= 11 is 5.83. The minimum Gasteiger partial charge on any atom is -0.370 e. The first-order valence-corrected chi connectivity index (χ1v) is 9.12. The van der Waals surface area contributed by atoms with Crippen LogP contribution in [0.3, 0.4) is 0 Å².